The first kappa shape index (κ1) is 22.3. The van der Waals surface area contributed by atoms with Crippen molar-refractivity contribution in [2.75, 3.05) is 26.7 Å². The molecule has 3 rings (SSSR count). The summed E-state index contributed by atoms with van der Waals surface area (Å²) in [4.78, 5) is 12.4. The third kappa shape index (κ3) is 5.38. The van der Waals surface area contributed by atoms with E-state index in [1.165, 1.54) is 8.61 Å². The Kier molecular flexibility index (Phi) is 7.12. The fourth-order valence-corrected chi connectivity index (χ4v) is 5.09. The first-order chi connectivity index (χ1) is 14.3. The maximum Gasteiger partial charge on any atom is 0.282 e. The smallest absolute Gasteiger partial charge is 0.282 e. The topological polar surface area (TPSA) is 79.0 Å². The van der Waals surface area contributed by atoms with Gasteiger partial charge in [0.05, 0.1) is 13.7 Å². The lowest BCUT2D eigenvalue weighted by Crippen LogP contribution is -2.52. The highest BCUT2D eigenvalue weighted by Gasteiger charge is 2.34. The molecule has 1 saturated heterocycles. The molecule has 1 N–H and O–H groups in total. The monoisotopic (exact) mass is 431 g/mol. The zero-order chi connectivity index (χ0) is 21.7. The van der Waals surface area contributed by atoms with Gasteiger partial charge in [0.2, 0.25) is 5.91 Å². The van der Waals surface area contributed by atoms with Crippen molar-refractivity contribution in [3.63, 3.8) is 0 Å². The number of nitrogens with zero attached hydrogens (tertiary/aromatic N) is 2. The molecule has 0 bridgehead atoms. The lowest BCUT2D eigenvalue weighted by molar-refractivity contribution is -0.121. The van der Waals surface area contributed by atoms with E-state index in [1.54, 1.807) is 7.11 Å². The van der Waals surface area contributed by atoms with Crippen molar-refractivity contribution in [1.29, 1.82) is 0 Å². The van der Waals surface area contributed by atoms with Gasteiger partial charge >= 0.3 is 0 Å². The molecule has 8 heteroatoms. The molecule has 0 radical (unpaired) electrons. The Hall–Kier alpha value is -2.42. The van der Waals surface area contributed by atoms with Gasteiger partial charge in [-0.25, -0.2) is 0 Å². The van der Waals surface area contributed by atoms with Crippen molar-refractivity contribution in [2.45, 2.75) is 33.4 Å². The molecular formula is C22H29N3O4S. The fourth-order valence-electron chi connectivity index (χ4n) is 3.46. The van der Waals surface area contributed by atoms with Crippen molar-refractivity contribution in [1.82, 2.24) is 13.9 Å². The van der Waals surface area contributed by atoms with Gasteiger partial charge in [0.15, 0.2) is 0 Å². The van der Waals surface area contributed by atoms with Crippen LogP contribution >= 0.6 is 0 Å². The summed E-state index contributed by atoms with van der Waals surface area (Å²) in [6.07, 6.45) is 0.690. The van der Waals surface area contributed by atoms with Gasteiger partial charge in [-0.2, -0.15) is 17.0 Å². The van der Waals surface area contributed by atoms with E-state index in [0.29, 0.717) is 32.6 Å². The lowest BCUT2D eigenvalue weighted by atomic mass is 10.1. The number of methoxy groups -OCH3 is 1. The Morgan fingerprint density at radius 1 is 1.07 bits per heavy atom. The number of amides is 1. The van der Waals surface area contributed by atoms with Crippen LogP contribution in [0.15, 0.2) is 42.5 Å². The largest absolute Gasteiger partial charge is 0.497 e. The number of nitrogens with one attached hydrogen (secondary N) is 1. The zero-order valence-corrected chi connectivity index (χ0v) is 18.5. The number of benzene rings is 2. The number of hydrogen-bond donors (Lipinski definition) is 1. The molecule has 0 saturated carbocycles. The number of ether oxygens (including phenoxy) is 1. The molecule has 2 aromatic carbocycles. The van der Waals surface area contributed by atoms with Gasteiger partial charge in [-0.1, -0.05) is 35.9 Å². The van der Waals surface area contributed by atoms with E-state index in [0.717, 1.165) is 28.0 Å². The second kappa shape index (κ2) is 9.59. The normalized spacial score (nSPS) is 16.9. The van der Waals surface area contributed by atoms with Crippen LogP contribution in [0.25, 0.3) is 0 Å². The van der Waals surface area contributed by atoms with Gasteiger partial charge in [-0.05, 0) is 49.1 Å². The molecule has 0 atom stereocenters. The first-order valence-corrected chi connectivity index (χ1v) is 11.4. The van der Waals surface area contributed by atoms with Crippen molar-refractivity contribution >= 4 is 16.1 Å². The average Bonchev–Trinajstić information content (AvgIpc) is 2.72. The molecule has 2 aromatic rings. The number of aryl methyl sites for hydroxylation is 2. The highest BCUT2D eigenvalue weighted by molar-refractivity contribution is 7.86. The SMILES string of the molecule is COc1ccc(CNC(=O)CN2CCCN(Cc3cc(C)ccc3C)S2(=O)=O)cc1. The van der Waals surface area contributed by atoms with Crippen LogP contribution in [0.2, 0.25) is 0 Å². The van der Waals surface area contributed by atoms with E-state index in [2.05, 4.69) is 5.32 Å². The van der Waals surface area contributed by atoms with Crippen molar-refractivity contribution in [3.05, 3.63) is 64.7 Å². The van der Waals surface area contributed by atoms with E-state index >= 15 is 0 Å². The average molecular weight is 432 g/mol. The Balaban J connectivity index is 1.61. The van der Waals surface area contributed by atoms with E-state index in [-0.39, 0.29) is 12.5 Å². The van der Waals surface area contributed by atoms with E-state index in [9.17, 15) is 13.2 Å². The Bertz CT molecular complexity index is 990. The number of carbonyl (C=O) groups is 1. The number of rotatable bonds is 7. The van der Waals surface area contributed by atoms with Crippen molar-refractivity contribution in [3.8, 4) is 5.75 Å². The molecule has 7 nitrogen and oxygen atoms in total. The van der Waals surface area contributed by atoms with E-state index in [1.807, 2.05) is 56.3 Å². The molecule has 0 aromatic heterocycles. The molecule has 1 heterocycles. The summed E-state index contributed by atoms with van der Waals surface area (Å²) in [7, 11) is -2.09. The Morgan fingerprint density at radius 3 is 2.47 bits per heavy atom. The molecular weight excluding hydrogens is 402 g/mol. The van der Waals surface area contributed by atoms with Crippen LogP contribution in [0, 0.1) is 13.8 Å². The lowest BCUT2D eigenvalue weighted by Gasteiger charge is -2.34. The summed E-state index contributed by atoms with van der Waals surface area (Å²) in [5.41, 5.74) is 4.07. The predicted octanol–water partition coefficient (Wildman–Crippen LogP) is 2.38. The molecule has 0 unspecified atom stereocenters. The minimum Gasteiger partial charge on any atom is -0.497 e. The number of hydrogen-bond acceptors (Lipinski definition) is 4. The van der Waals surface area contributed by atoms with Gasteiger partial charge < -0.3 is 10.1 Å². The van der Waals surface area contributed by atoms with Crippen LogP contribution in [0.1, 0.15) is 28.7 Å². The van der Waals surface area contributed by atoms with E-state index in [4.69, 9.17) is 4.74 Å². The van der Waals surface area contributed by atoms with Gasteiger partial charge in [0.1, 0.15) is 5.75 Å². The first-order valence-electron chi connectivity index (χ1n) is 10.0. The van der Waals surface area contributed by atoms with Gasteiger partial charge in [-0.15, -0.1) is 0 Å². The predicted molar refractivity (Wildman–Crippen MR) is 116 cm³/mol. The second-order valence-electron chi connectivity index (χ2n) is 7.58. The second-order valence-corrected chi connectivity index (χ2v) is 9.51. The van der Waals surface area contributed by atoms with Gasteiger partial charge in [0.25, 0.3) is 10.2 Å². The van der Waals surface area contributed by atoms with Crippen LogP contribution in [-0.2, 0) is 28.1 Å². The summed E-state index contributed by atoms with van der Waals surface area (Å²) in [6.45, 7) is 5.26. The van der Waals surface area contributed by atoms with Crippen LogP contribution in [0.4, 0.5) is 0 Å². The summed E-state index contributed by atoms with van der Waals surface area (Å²) in [5, 5.41) is 2.80. The molecule has 30 heavy (non-hydrogen) atoms. The van der Waals surface area contributed by atoms with Crippen molar-refractivity contribution < 1.29 is 17.9 Å². The maximum atomic E-state index is 13.1. The minimum absolute atomic E-state index is 0.179. The Labute approximate surface area is 178 Å². The van der Waals surface area contributed by atoms with Gasteiger partial charge in [0, 0.05) is 26.2 Å². The molecule has 1 aliphatic rings. The highest BCUT2D eigenvalue weighted by atomic mass is 32.2. The zero-order valence-electron chi connectivity index (χ0n) is 17.7. The standard InChI is InChI=1S/C22H29N3O4S/c1-17-5-6-18(2)20(13-17)15-24-11-4-12-25(30(24,27)28)16-22(26)23-14-19-7-9-21(29-3)10-8-19/h5-10,13H,4,11-12,14-16H2,1-3H3,(H,23,26). The Morgan fingerprint density at radius 2 is 1.77 bits per heavy atom. The molecule has 1 aliphatic heterocycles. The van der Waals surface area contributed by atoms with E-state index < -0.39 is 10.2 Å². The van der Waals surface area contributed by atoms with Gasteiger partial charge in [-0.3, -0.25) is 4.79 Å². The molecule has 162 valence electrons. The molecule has 1 fully saturated rings. The summed E-state index contributed by atoms with van der Waals surface area (Å²) in [6, 6.07) is 13.4. The van der Waals surface area contributed by atoms with Crippen LogP contribution in [0.5, 0.6) is 5.75 Å². The van der Waals surface area contributed by atoms with Crippen LogP contribution < -0.4 is 10.1 Å². The molecule has 0 spiro atoms. The van der Waals surface area contributed by atoms with Crippen molar-refractivity contribution in [2.24, 2.45) is 0 Å². The third-order valence-electron chi connectivity index (χ3n) is 5.29. The summed E-state index contributed by atoms with van der Waals surface area (Å²) in [5.74, 6) is 0.427. The fraction of sp³-hybridized carbons (Fsp3) is 0.409. The quantitative estimate of drug-likeness (QED) is 0.730. The number of carbonyl (C=O) groups excluding carboxylic acids is 1. The third-order valence-corrected chi connectivity index (χ3v) is 7.22. The highest BCUT2D eigenvalue weighted by Crippen LogP contribution is 2.21. The summed E-state index contributed by atoms with van der Waals surface area (Å²) >= 11 is 0. The minimum atomic E-state index is -3.69. The summed E-state index contributed by atoms with van der Waals surface area (Å²) < 4.78 is 34.0. The maximum absolute atomic E-state index is 13.1. The molecule has 0 aliphatic carbocycles. The van der Waals surface area contributed by atoms with Crippen LogP contribution in [0.3, 0.4) is 0 Å². The molecule has 1 amide bonds. The van der Waals surface area contributed by atoms with Crippen LogP contribution in [-0.4, -0.2) is 49.7 Å².